The number of carbonyl (C=O) groups excluding carboxylic acids is 1. The number of carbonyl (C=O) groups is 2. The lowest BCUT2D eigenvalue weighted by molar-refractivity contribution is -0.122. The molecule has 1 amide bonds. The van der Waals surface area contributed by atoms with E-state index in [1.54, 1.807) is 6.20 Å². The first kappa shape index (κ1) is 39.4. The number of anilines is 1. The molecule has 4 aromatic rings. The summed E-state index contributed by atoms with van der Waals surface area (Å²) in [5.41, 5.74) is 4.05. The van der Waals surface area contributed by atoms with Gasteiger partial charge in [-0.3, -0.25) is 9.59 Å². The number of amides is 1. The number of rotatable bonds is 18. The maximum absolute atomic E-state index is 10.8. The van der Waals surface area contributed by atoms with E-state index in [1.165, 1.54) is 11.9 Å². The first-order valence-corrected chi connectivity index (χ1v) is 16.8. The van der Waals surface area contributed by atoms with Crippen LogP contribution in [0.15, 0.2) is 61.1 Å². The standard InChI is InChI=1S/C20H31NO5.C15H16N6.CH2O2/c1-2-23-11-6-12-24-10-4-3-5-13-25-17-7-8-20-18(15-17)19(21-16-22)9-14-26-20;1-11-4-3-5-12(8-11)17-9-14-19-20-15(21(14)2)13-6-7-16-10-18-13;2-1-3/h7-8,15-16,19H,2-6,9-14H2,1H3,(H,21,22);3-8,10,17H,9H2,1-2H3;1H,(H,2,3)/t19-;;/m0../s1. The normalized spacial score (nSPS) is 12.9. The number of fused-ring (bicyclic) bond motifs is 1. The molecule has 5 rings (SSSR count). The van der Waals surface area contributed by atoms with Crippen molar-refractivity contribution in [3.8, 4) is 23.0 Å². The second kappa shape index (κ2) is 23.3. The van der Waals surface area contributed by atoms with Crippen molar-refractivity contribution in [2.24, 2.45) is 7.05 Å². The highest BCUT2D eigenvalue weighted by Crippen LogP contribution is 2.34. The minimum atomic E-state index is -0.250. The van der Waals surface area contributed by atoms with Crippen LogP contribution in [-0.4, -0.2) is 82.4 Å². The highest BCUT2D eigenvalue weighted by atomic mass is 16.5. The highest BCUT2D eigenvalue weighted by Gasteiger charge is 2.21. The van der Waals surface area contributed by atoms with Crippen molar-refractivity contribution < 1.29 is 33.6 Å². The molecule has 3 heterocycles. The molecule has 1 aliphatic heterocycles. The Morgan fingerprint density at radius 1 is 1.00 bits per heavy atom. The van der Waals surface area contributed by atoms with Crippen molar-refractivity contribution in [1.29, 1.82) is 0 Å². The summed E-state index contributed by atoms with van der Waals surface area (Å²) in [6.07, 6.45) is 8.80. The zero-order valence-corrected chi connectivity index (χ0v) is 29.1. The lowest BCUT2D eigenvalue weighted by Gasteiger charge is -2.25. The van der Waals surface area contributed by atoms with Crippen molar-refractivity contribution in [1.82, 2.24) is 30.0 Å². The van der Waals surface area contributed by atoms with Gasteiger partial charge in [0.25, 0.3) is 6.47 Å². The van der Waals surface area contributed by atoms with Gasteiger partial charge in [-0.05, 0) is 81.5 Å². The van der Waals surface area contributed by atoms with Gasteiger partial charge in [0, 0.05) is 57.3 Å². The molecule has 0 saturated heterocycles. The number of nitrogens with zero attached hydrogens (tertiary/aromatic N) is 5. The zero-order valence-electron chi connectivity index (χ0n) is 29.1. The molecule has 1 atom stereocenters. The van der Waals surface area contributed by atoms with Gasteiger partial charge in [-0.2, -0.15) is 0 Å². The summed E-state index contributed by atoms with van der Waals surface area (Å²) in [6, 6.07) is 15.9. The van der Waals surface area contributed by atoms with Crippen LogP contribution in [-0.2, 0) is 32.7 Å². The minimum Gasteiger partial charge on any atom is -0.494 e. The van der Waals surface area contributed by atoms with Crippen molar-refractivity contribution in [3.63, 3.8) is 0 Å². The number of hydrogen-bond donors (Lipinski definition) is 3. The van der Waals surface area contributed by atoms with Crippen LogP contribution in [0, 0.1) is 6.92 Å². The number of unbranched alkanes of at least 4 members (excludes halogenated alkanes) is 2. The van der Waals surface area contributed by atoms with Crippen molar-refractivity contribution in [2.45, 2.75) is 58.5 Å². The Kier molecular flexibility index (Phi) is 18.3. The number of hydrogen-bond acceptors (Lipinski definition) is 11. The van der Waals surface area contributed by atoms with Crippen LogP contribution in [0.25, 0.3) is 11.5 Å². The minimum absolute atomic E-state index is 0.000301. The van der Waals surface area contributed by atoms with E-state index in [2.05, 4.69) is 49.9 Å². The summed E-state index contributed by atoms with van der Waals surface area (Å²) in [7, 11) is 1.94. The largest absolute Gasteiger partial charge is 0.494 e. The maximum atomic E-state index is 10.8. The van der Waals surface area contributed by atoms with Crippen LogP contribution in [0.3, 0.4) is 0 Å². The van der Waals surface area contributed by atoms with Gasteiger partial charge in [0.15, 0.2) is 11.6 Å². The SMILES string of the molecule is CCOCCCOCCCCCOc1ccc2c(c1)[C@@H](NC=O)CCO2.Cc1cccc(NCc2nnc(-c3ccncn3)n2C)c1.O=CO. The molecule has 0 fully saturated rings. The number of aryl methyl sites for hydroxylation is 1. The van der Waals surface area contributed by atoms with Gasteiger partial charge in [0.2, 0.25) is 6.41 Å². The van der Waals surface area contributed by atoms with Gasteiger partial charge in [-0.1, -0.05) is 12.1 Å². The molecule has 1 aliphatic rings. The summed E-state index contributed by atoms with van der Waals surface area (Å²) in [4.78, 5) is 27.2. The molecular formula is C36H49N7O7. The Morgan fingerprint density at radius 2 is 1.80 bits per heavy atom. The Morgan fingerprint density at radius 3 is 2.56 bits per heavy atom. The molecule has 50 heavy (non-hydrogen) atoms. The quantitative estimate of drug-likeness (QED) is 0.0928. The Labute approximate surface area is 293 Å². The molecule has 3 N–H and O–H groups in total. The molecule has 270 valence electrons. The van der Waals surface area contributed by atoms with E-state index >= 15 is 0 Å². The molecule has 0 saturated carbocycles. The molecule has 0 aliphatic carbocycles. The number of aromatic nitrogens is 5. The molecule has 0 spiro atoms. The number of nitrogens with one attached hydrogen (secondary N) is 2. The van der Waals surface area contributed by atoms with E-state index in [1.807, 2.05) is 54.9 Å². The van der Waals surface area contributed by atoms with Crippen LogP contribution < -0.4 is 20.1 Å². The molecule has 14 heteroatoms. The van der Waals surface area contributed by atoms with Crippen molar-refractivity contribution in [2.75, 3.05) is 45.0 Å². The fraction of sp³-hybridized carbons (Fsp3) is 0.444. The zero-order chi connectivity index (χ0) is 35.8. The first-order chi connectivity index (χ1) is 24.5. The molecular weight excluding hydrogens is 642 g/mol. The maximum Gasteiger partial charge on any atom is 0.290 e. The molecule has 0 unspecified atom stereocenters. The second-order valence-corrected chi connectivity index (χ2v) is 11.2. The molecule has 2 aromatic heterocycles. The fourth-order valence-corrected chi connectivity index (χ4v) is 5.00. The fourth-order valence-electron chi connectivity index (χ4n) is 5.00. The highest BCUT2D eigenvalue weighted by molar-refractivity contribution is 5.51. The topological polar surface area (TPSA) is 172 Å². The van der Waals surface area contributed by atoms with Crippen LogP contribution in [0.4, 0.5) is 5.69 Å². The van der Waals surface area contributed by atoms with E-state index in [0.717, 1.165) is 105 Å². The van der Waals surface area contributed by atoms with E-state index in [4.69, 9.17) is 28.8 Å². The van der Waals surface area contributed by atoms with Crippen molar-refractivity contribution in [3.05, 3.63) is 78.0 Å². The van der Waals surface area contributed by atoms with Crippen LogP contribution in [0.2, 0.25) is 0 Å². The predicted molar refractivity (Wildman–Crippen MR) is 189 cm³/mol. The van der Waals surface area contributed by atoms with E-state index < -0.39 is 0 Å². The monoisotopic (exact) mass is 691 g/mol. The average Bonchev–Trinajstić information content (AvgIpc) is 3.50. The summed E-state index contributed by atoms with van der Waals surface area (Å²) >= 11 is 0. The molecule has 2 aromatic carbocycles. The van der Waals surface area contributed by atoms with Gasteiger partial charge < -0.3 is 39.3 Å². The smallest absolute Gasteiger partial charge is 0.290 e. The first-order valence-electron chi connectivity index (χ1n) is 16.8. The van der Waals surface area contributed by atoms with Crippen LogP contribution in [0.5, 0.6) is 11.5 Å². The summed E-state index contributed by atoms with van der Waals surface area (Å²) in [5, 5.41) is 21.5. The molecule has 0 radical (unpaired) electrons. The predicted octanol–water partition coefficient (Wildman–Crippen LogP) is 5.14. The Balaban J connectivity index is 0.000000255. The van der Waals surface area contributed by atoms with Gasteiger partial charge in [-0.15, -0.1) is 10.2 Å². The number of benzene rings is 2. The van der Waals surface area contributed by atoms with Gasteiger partial charge in [-0.25, -0.2) is 9.97 Å². The van der Waals surface area contributed by atoms with Gasteiger partial charge in [0.1, 0.15) is 23.5 Å². The molecule has 14 nitrogen and oxygen atoms in total. The third-order valence-corrected chi connectivity index (χ3v) is 7.52. The van der Waals surface area contributed by atoms with Gasteiger partial charge >= 0.3 is 0 Å². The summed E-state index contributed by atoms with van der Waals surface area (Å²) in [6.45, 7) is 8.83. The van der Waals surface area contributed by atoms with E-state index in [0.29, 0.717) is 19.8 Å². The molecule has 0 bridgehead atoms. The Bertz CT molecular complexity index is 1540. The van der Waals surface area contributed by atoms with Crippen LogP contribution >= 0.6 is 0 Å². The third-order valence-electron chi connectivity index (χ3n) is 7.52. The summed E-state index contributed by atoms with van der Waals surface area (Å²) in [5.74, 6) is 3.23. The lowest BCUT2D eigenvalue weighted by atomic mass is 10.0. The van der Waals surface area contributed by atoms with Crippen LogP contribution in [0.1, 0.15) is 62.0 Å². The lowest BCUT2D eigenvalue weighted by Crippen LogP contribution is -2.25. The van der Waals surface area contributed by atoms with Crippen molar-refractivity contribution >= 4 is 18.6 Å². The van der Waals surface area contributed by atoms with Gasteiger partial charge in [0.05, 0.1) is 25.8 Å². The third kappa shape index (κ3) is 13.8. The number of carboxylic acid groups (broad SMARTS) is 1. The average molecular weight is 692 g/mol. The number of ether oxygens (including phenoxy) is 4. The Hall–Kier alpha value is -5.08. The summed E-state index contributed by atoms with van der Waals surface area (Å²) < 4.78 is 24.2. The van der Waals surface area contributed by atoms with E-state index in [-0.39, 0.29) is 12.5 Å². The van der Waals surface area contributed by atoms with E-state index in [9.17, 15) is 4.79 Å². The second-order valence-electron chi connectivity index (χ2n) is 11.2.